The third-order valence-electron chi connectivity index (χ3n) is 6.08. The second-order valence-electron chi connectivity index (χ2n) is 8.86. The van der Waals surface area contributed by atoms with Gasteiger partial charge in [-0.15, -0.1) is 13.2 Å². The molecule has 0 bridgehead atoms. The van der Waals surface area contributed by atoms with E-state index < -0.39 is 12.2 Å². The Labute approximate surface area is 212 Å². The van der Waals surface area contributed by atoms with Crippen molar-refractivity contribution in [3.05, 3.63) is 77.2 Å². The molecule has 0 amide bonds. The smallest absolute Gasteiger partial charge is 0.405 e. The summed E-state index contributed by atoms with van der Waals surface area (Å²) in [5, 5.41) is 6.28. The zero-order valence-corrected chi connectivity index (χ0v) is 20.0. The Morgan fingerprint density at radius 2 is 1.65 bits per heavy atom. The summed E-state index contributed by atoms with van der Waals surface area (Å²) in [6.45, 7) is 0.659. The van der Waals surface area contributed by atoms with Crippen LogP contribution in [0, 0.1) is 23.6 Å². The first-order chi connectivity index (χ1) is 17.8. The van der Waals surface area contributed by atoms with E-state index in [4.69, 9.17) is 5.73 Å². The topological polar surface area (TPSA) is 85.1 Å². The van der Waals surface area contributed by atoms with Crippen molar-refractivity contribution >= 4 is 11.8 Å². The van der Waals surface area contributed by atoms with Gasteiger partial charge in [-0.05, 0) is 49.8 Å². The van der Waals surface area contributed by atoms with E-state index in [2.05, 4.69) is 37.2 Å². The predicted molar refractivity (Wildman–Crippen MR) is 133 cm³/mol. The molecule has 1 aliphatic rings. The Hall–Kier alpha value is -3.84. The number of benzene rings is 2. The number of nitrogens with two attached hydrogens (primary N) is 1. The van der Waals surface area contributed by atoms with Crippen molar-refractivity contribution in [1.82, 2.24) is 9.97 Å². The third kappa shape index (κ3) is 7.82. The quantitative estimate of drug-likeness (QED) is 0.288. The Morgan fingerprint density at radius 1 is 0.946 bits per heavy atom. The molecule has 0 spiro atoms. The molecule has 10 heteroatoms. The van der Waals surface area contributed by atoms with Crippen molar-refractivity contribution in [1.29, 1.82) is 0 Å². The molecule has 1 aliphatic carbocycles. The van der Waals surface area contributed by atoms with Crippen molar-refractivity contribution in [2.45, 2.75) is 44.6 Å². The van der Waals surface area contributed by atoms with E-state index in [0.29, 0.717) is 29.4 Å². The predicted octanol–water partition coefficient (Wildman–Crippen LogP) is 5.46. The van der Waals surface area contributed by atoms with Gasteiger partial charge in [-0.3, -0.25) is 0 Å². The van der Waals surface area contributed by atoms with Crippen LogP contribution in [0.25, 0.3) is 0 Å². The molecule has 6 nitrogen and oxygen atoms in total. The number of hydrogen-bond donors (Lipinski definition) is 3. The van der Waals surface area contributed by atoms with Crippen LogP contribution >= 0.6 is 0 Å². The summed E-state index contributed by atoms with van der Waals surface area (Å²) in [6.07, 6.45) is 0.615. The molecule has 4 rings (SSSR count). The molecule has 4 N–H and O–H groups in total. The van der Waals surface area contributed by atoms with Gasteiger partial charge in [-0.25, -0.2) is 9.37 Å². The zero-order valence-electron chi connectivity index (χ0n) is 20.0. The number of nitrogens with one attached hydrogen (secondary N) is 2. The lowest BCUT2D eigenvalue weighted by Gasteiger charge is -2.26. The van der Waals surface area contributed by atoms with E-state index in [9.17, 15) is 17.6 Å². The minimum absolute atomic E-state index is 0.00641. The summed E-state index contributed by atoms with van der Waals surface area (Å²) in [7, 11) is 0. The molecule has 0 atom stereocenters. The lowest BCUT2D eigenvalue weighted by atomic mass is 9.86. The van der Waals surface area contributed by atoms with Crippen molar-refractivity contribution < 1.29 is 22.3 Å². The van der Waals surface area contributed by atoms with E-state index in [1.165, 1.54) is 30.5 Å². The number of para-hydroxylation sites is 1. The summed E-state index contributed by atoms with van der Waals surface area (Å²) in [4.78, 5) is 8.77. The van der Waals surface area contributed by atoms with E-state index in [1.807, 2.05) is 0 Å². The summed E-state index contributed by atoms with van der Waals surface area (Å²) < 4.78 is 56.4. The minimum Gasteiger partial charge on any atom is -0.405 e. The van der Waals surface area contributed by atoms with Crippen LogP contribution in [-0.4, -0.2) is 28.9 Å². The second kappa shape index (κ2) is 11.9. The maximum absolute atomic E-state index is 14.0. The molecule has 3 aromatic rings. The molecule has 0 unspecified atom stereocenters. The molecule has 2 aromatic carbocycles. The highest BCUT2D eigenvalue weighted by Gasteiger charge is 2.32. The highest BCUT2D eigenvalue weighted by atomic mass is 19.4. The molecule has 1 aromatic heterocycles. The molecule has 194 valence electrons. The van der Waals surface area contributed by atoms with Gasteiger partial charge >= 0.3 is 6.36 Å². The fourth-order valence-corrected chi connectivity index (χ4v) is 4.07. The molecule has 1 saturated carbocycles. The van der Waals surface area contributed by atoms with Gasteiger partial charge in [-0.2, -0.15) is 4.98 Å². The van der Waals surface area contributed by atoms with Crippen LogP contribution in [0.3, 0.4) is 0 Å². The van der Waals surface area contributed by atoms with Crippen LogP contribution < -0.4 is 21.1 Å². The lowest BCUT2D eigenvalue weighted by molar-refractivity contribution is -0.274. The van der Waals surface area contributed by atoms with Crippen molar-refractivity contribution in [2.24, 2.45) is 11.7 Å². The van der Waals surface area contributed by atoms with Gasteiger partial charge in [0.15, 0.2) is 0 Å². The number of rotatable bonds is 7. The first kappa shape index (κ1) is 26.2. The Kier molecular flexibility index (Phi) is 8.46. The van der Waals surface area contributed by atoms with Crippen LogP contribution in [0.2, 0.25) is 0 Å². The van der Waals surface area contributed by atoms with Crippen molar-refractivity contribution in [2.75, 3.05) is 17.2 Å². The van der Waals surface area contributed by atoms with Crippen molar-refractivity contribution in [3.8, 4) is 17.6 Å². The average molecular weight is 514 g/mol. The van der Waals surface area contributed by atoms with Gasteiger partial charge in [0.2, 0.25) is 5.95 Å². The summed E-state index contributed by atoms with van der Waals surface area (Å²) in [6, 6.07) is 12.3. The number of hydrogen-bond acceptors (Lipinski definition) is 6. The van der Waals surface area contributed by atoms with Crippen LogP contribution in [0.1, 0.15) is 42.4 Å². The van der Waals surface area contributed by atoms with E-state index in [-0.39, 0.29) is 29.8 Å². The standard InChI is InChI=1S/C27H27F4N5O/c28-23-7-3-1-5-19(23)11-12-21-17-35-26(36-25(21)33-15-18-9-13-22(32)14-10-18)34-16-20-6-2-4-8-24(20)37-27(29,30)31/h1-8,17-18,22H,9-10,13-16,32H2,(H2,33,34,35,36). The first-order valence-electron chi connectivity index (χ1n) is 12.0. The van der Waals surface area contributed by atoms with Gasteiger partial charge in [-0.1, -0.05) is 42.2 Å². The van der Waals surface area contributed by atoms with E-state index in [0.717, 1.165) is 25.7 Å². The van der Waals surface area contributed by atoms with Crippen molar-refractivity contribution in [3.63, 3.8) is 0 Å². The largest absolute Gasteiger partial charge is 0.573 e. The van der Waals surface area contributed by atoms with Gasteiger partial charge in [0.25, 0.3) is 0 Å². The fourth-order valence-electron chi connectivity index (χ4n) is 4.07. The maximum atomic E-state index is 14.0. The molecule has 1 heterocycles. The van der Waals surface area contributed by atoms with Gasteiger partial charge in [0, 0.05) is 24.7 Å². The average Bonchev–Trinajstić information content (AvgIpc) is 2.87. The van der Waals surface area contributed by atoms with Crippen LogP contribution in [0.15, 0.2) is 54.7 Å². The zero-order chi connectivity index (χ0) is 26.3. The Balaban J connectivity index is 1.53. The van der Waals surface area contributed by atoms with Crippen LogP contribution in [0.5, 0.6) is 5.75 Å². The lowest BCUT2D eigenvalue weighted by Crippen LogP contribution is -2.29. The highest BCUT2D eigenvalue weighted by Crippen LogP contribution is 2.27. The molecular formula is C27H27F4N5O. The molecule has 0 saturated heterocycles. The Bertz CT molecular complexity index is 1260. The van der Waals surface area contributed by atoms with Gasteiger partial charge < -0.3 is 21.1 Å². The van der Waals surface area contributed by atoms with Crippen LogP contribution in [0.4, 0.5) is 29.3 Å². The fraction of sp³-hybridized carbons (Fsp3) is 0.333. The summed E-state index contributed by atoms with van der Waals surface area (Å²) in [5.41, 5.74) is 7.03. The molecular weight excluding hydrogens is 486 g/mol. The molecule has 0 aliphatic heterocycles. The Morgan fingerprint density at radius 3 is 2.41 bits per heavy atom. The van der Waals surface area contributed by atoms with E-state index >= 15 is 0 Å². The summed E-state index contributed by atoms with van der Waals surface area (Å²) in [5.74, 6) is 6.09. The number of ether oxygens (including phenoxy) is 1. The molecule has 1 fully saturated rings. The van der Waals surface area contributed by atoms with Gasteiger partial charge in [0.1, 0.15) is 17.4 Å². The molecule has 0 radical (unpaired) electrons. The van der Waals surface area contributed by atoms with Crippen LogP contribution in [-0.2, 0) is 6.54 Å². The third-order valence-corrected chi connectivity index (χ3v) is 6.08. The normalized spacial score (nSPS) is 17.4. The summed E-state index contributed by atoms with van der Waals surface area (Å²) >= 11 is 0. The van der Waals surface area contributed by atoms with Gasteiger partial charge in [0.05, 0.1) is 17.3 Å². The highest BCUT2D eigenvalue weighted by molar-refractivity contribution is 5.57. The number of alkyl halides is 3. The molecule has 37 heavy (non-hydrogen) atoms. The number of halogens is 4. The number of aromatic nitrogens is 2. The minimum atomic E-state index is -4.80. The van der Waals surface area contributed by atoms with E-state index in [1.54, 1.807) is 24.3 Å². The number of anilines is 2. The first-order valence-corrected chi connectivity index (χ1v) is 12.0. The maximum Gasteiger partial charge on any atom is 0.573 e. The number of nitrogens with zero attached hydrogens (tertiary/aromatic N) is 2. The monoisotopic (exact) mass is 513 g/mol. The SMILES string of the molecule is NC1CCC(CNc2nc(NCc3ccccc3OC(F)(F)F)ncc2C#Cc2ccccc2F)CC1. The second-order valence-corrected chi connectivity index (χ2v) is 8.86.